The summed E-state index contributed by atoms with van der Waals surface area (Å²) in [5, 5.41) is 1.25. The Morgan fingerprint density at radius 3 is 1.23 bits per heavy atom. The Kier molecular flexibility index (Phi) is 12.1. The molecule has 2 nitrogen and oxygen atoms in total. The zero-order valence-electron chi connectivity index (χ0n) is 26.2. The summed E-state index contributed by atoms with van der Waals surface area (Å²) in [7, 11) is 0. The lowest BCUT2D eigenvalue weighted by Crippen LogP contribution is -1.90. The second-order valence-corrected chi connectivity index (χ2v) is 11.7. The lowest BCUT2D eigenvalue weighted by atomic mass is 10.0. The predicted molar refractivity (Wildman–Crippen MR) is 206 cm³/mol. The van der Waals surface area contributed by atoms with Gasteiger partial charge in [0, 0.05) is 26.5 Å². The minimum atomic E-state index is 0.772. The molecule has 0 saturated carbocycles. The largest absolute Gasteiger partial charge is 0.399 e. The zero-order chi connectivity index (χ0) is 32.5. The monoisotopic (exact) mass is 626 g/mol. The highest BCUT2D eigenvalue weighted by molar-refractivity contribution is 7.22. The van der Waals surface area contributed by atoms with Gasteiger partial charge in [-0.05, 0) is 64.0 Å². The molecule has 1 aromatic heterocycles. The van der Waals surface area contributed by atoms with Gasteiger partial charge in [-0.3, -0.25) is 0 Å². The molecule has 0 atom stereocenters. The van der Waals surface area contributed by atoms with Crippen LogP contribution in [0.15, 0.2) is 206 Å². The van der Waals surface area contributed by atoms with Crippen LogP contribution in [0, 0.1) is 0 Å². The topological polar surface area (TPSA) is 52.0 Å². The third kappa shape index (κ3) is 10.1. The number of nitrogen functional groups attached to an aromatic ring is 2. The molecule has 8 rings (SSSR count). The third-order valence-corrected chi connectivity index (χ3v) is 8.35. The Morgan fingerprint density at radius 1 is 0.340 bits per heavy atom. The Balaban J connectivity index is 0.000000149. The molecule has 0 amide bonds. The van der Waals surface area contributed by atoms with Gasteiger partial charge in [-0.1, -0.05) is 170 Å². The van der Waals surface area contributed by atoms with Gasteiger partial charge in [-0.25, -0.2) is 0 Å². The SMILES string of the molecule is Nc1ccc(-c2ccc(N)c(-c3cc4ccccc4s3)c2)cc1.c1ccc(-c2ccccc2)cc1.c1ccccc1.c1ccccc1. The Labute approximate surface area is 282 Å². The highest BCUT2D eigenvalue weighted by atomic mass is 32.1. The Morgan fingerprint density at radius 2 is 0.745 bits per heavy atom. The fourth-order valence-electron chi connectivity index (χ4n) is 4.77. The van der Waals surface area contributed by atoms with E-state index in [0.29, 0.717) is 0 Å². The van der Waals surface area contributed by atoms with Crippen molar-refractivity contribution < 1.29 is 0 Å². The van der Waals surface area contributed by atoms with Gasteiger partial charge in [0.1, 0.15) is 0 Å². The van der Waals surface area contributed by atoms with E-state index in [9.17, 15) is 0 Å². The van der Waals surface area contributed by atoms with E-state index >= 15 is 0 Å². The molecule has 4 N–H and O–H groups in total. The van der Waals surface area contributed by atoms with Crippen LogP contribution in [0.25, 0.3) is 42.8 Å². The minimum absolute atomic E-state index is 0.772. The van der Waals surface area contributed by atoms with Gasteiger partial charge in [0.15, 0.2) is 0 Å². The van der Waals surface area contributed by atoms with E-state index in [1.165, 1.54) is 26.1 Å². The van der Waals surface area contributed by atoms with Crippen LogP contribution in [0.4, 0.5) is 11.4 Å². The molecule has 47 heavy (non-hydrogen) atoms. The van der Waals surface area contributed by atoms with Gasteiger partial charge in [0.25, 0.3) is 0 Å². The molecule has 0 aliphatic carbocycles. The van der Waals surface area contributed by atoms with E-state index < -0.39 is 0 Å². The second kappa shape index (κ2) is 17.6. The van der Waals surface area contributed by atoms with Crippen molar-refractivity contribution in [2.24, 2.45) is 0 Å². The van der Waals surface area contributed by atoms with Gasteiger partial charge in [-0.15, -0.1) is 11.3 Å². The molecule has 0 saturated heterocycles. The lowest BCUT2D eigenvalue weighted by Gasteiger charge is -2.08. The van der Waals surface area contributed by atoms with Gasteiger partial charge in [-0.2, -0.15) is 0 Å². The molecule has 0 spiro atoms. The number of thiophene rings is 1. The average molecular weight is 627 g/mol. The molecular formula is C44H38N2S. The van der Waals surface area contributed by atoms with E-state index in [1.54, 1.807) is 11.3 Å². The van der Waals surface area contributed by atoms with Crippen molar-refractivity contribution >= 4 is 32.8 Å². The zero-order valence-corrected chi connectivity index (χ0v) is 27.0. The first-order valence-corrected chi connectivity index (χ1v) is 16.3. The van der Waals surface area contributed by atoms with Gasteiger partial charge in [0.05, 0.1) is 0 Å². The Hall–Kier alpha value is -5.90. The van der Waals surface area contributed by atoms with Crippen molar-refractivity contribution in [3.8, 4) is 32.7 Å². The first kappa shape index (κ1) is 32.5. The maximum Gasteiger partial charge on any atom is 0.0402 e. The van der Waals surface area contributed by atoms with Gasteiger partial charge < -0.3 is 11.5 Å². The van der Waals surface area contributed by atoms with Crippen LogP contribution in [0.3, 0.4) is 0 Å². The molecule has 230 valence electrons. The third-order valence-electron chi connectivity index (χ3n) is 7.20. The van der Waals surface area contributed by atoms with Crippen molar-refractivity contribution in [1.29, 1.82) is 0 Å². The maximum atomic E-state index is 6.23. The number of hydrogen-bond acceptors (Lipinski definition) is 3. The molecule has 0 unspecified atom stereocenters. The summed E-state index contributed by atoms with van der Waals surface area (Å²) in [5.74, 6) is 0. The second-order valence-electron chi connectivity index (χ2n) is 10.6. The van der Waals surface area contributed by atoms with Crippen molar-refractivity contribution in [1.82, 2.24) is 0 Å². The quantitative estimate of drug-likeness (QED) is 0.192. The fourth-order valence-corrected chi connectivity index (χ4v) is 5.87. The van der Waals surface area contributed by atoms with E-state index in [4.69, 9.17) is 11.5 Å². The first-order valence-electron chi connectivity index (χ1n) is 15.5. The van der Waals surface area contributed by atoms with E-state index in [0.717, 1.165) is 28.1 Å². The molecule has 1 heterocycles. The number of hydrogen-bond donors (Lipinski definition) is 2. The van der Waals surface area contributed by atoms with Crippen molar-refractivity contribution in [3.05, 3.63) is 206 Å². The molecule has 0 aliphatic heterocycles. The number of anilines is 2. The average Bonchev–Trinajstić information content (AvgIpc) is 3.60. The summed E-state index contributed by atoms with van der Waals surface area (Å²) >= 11 is 1.77. The van der Waals surface area contributed by atoms with E-state index in [1.807, 2.05) is 115 Å². The van der Waals surface area contributed by atoms with E-state index in [2.05, 4.69) is 91.0 Å². The number of rotatable bonds is 3. The van der Waals surface area contributed by atoms with Crippen molar-refractivity contribution in [2.75, 3.05) is 11.5 Å². The predicted octanol–water partition coefficient (Wildman–Crippen LogP) is 12.1. The van der Waals surface area contributed by atoms with Crippen LogP contribution in [-0.4, -0.2) is 0 Å². The number of nitrogens with two attached hydrogens (primary N) is 2. The van der Waals surface area contributed by atoms with Crippen LogP contribution < -0.4 is 11.5 Å². The van der Waals surface area contributed by atoms with Gasteiger partial charge in [0.2, 0.25) is 0 Å². The Bertz CT molecular complexity index is 1870. The lowest BCUT2D eigenvalue weighted by molar-refractivity contribution is 1.61. The standard InChI is InChI=1S/C20H16N2S.C12H10.2C6H6/c21-16-8-5-13(6-9-16)14-7-10-18(22)17(11-14)20-12-15-3-1-2-4-19(15)23-20;1-3-7-11(8-4-1)12-9-5-2-6-10-12;2*1-2-4-6-5-3-1/h1-12H,21-22H2;1-10H;2*1-6H. The van der Waals surface area contributed by atoms with Crippen molar-refractivity contribution in [3.63, 3.8) is 0 Å². The van der Waals surface area contributed by atoms with Crippen LogP contribution in [0.2, 0.25) is 0 Å². The van der Waals surface area contributed by atoms with Crippen LogP contribution in [-0.2, 0) is 0 Å². The highest BCUT2D eigenvalue weighted by Crippen LogP contribution is 2.38. The number of benzene rings is 7. The molecule has 0 fully saturated rings. The van der Waals surface area contributed by atoms with E-state index in [-0.39, 0.29) is 0 Å². The molecule has 8 aromatic rings. The highest BCUT2D eigenvalue weighted by Gasteiger charge is 2.09. The van der Waals surface area contributed by atoms with Crippen LogP contribution in [0.1, 0.15) is 0 Å². The normalized spacial score (nSPS) is 9.87. The first-order chi connectivity index (χ1) is 23.2. The van der Waals surface area contributed by atoms with Crippen LogP contribution in [0.5, 0.6) is 0 Å². The summed E-state index contributed by atoms with van der Waals surface area (Å²) in [6, 6.07) is 69.5. The molecular weight excluding hydrogens is 589 g/mol. The molecule has 0 aliphatic rings. The fraction of sp³-hybridized carbons (Fsp3) is 0. The molecule has 0 bridgehead atoms. The number of fused-ring (bicyclic) bond motifs is 1. The minimum Gasteiger partial charge on any atom is -0.399 e. The molecule has 0 radical (unpaired) electrons. The van der Waals surface area contributed by atoms with Crippen LogP contribution >= 0.6 is 11.3 Å². The summed E-state index contributed by atoms with van der Waals surface area (Å²) in [4.78, 5) is 1.20. The molecule has 3 heteroatoms. The summed E-state index contributed by atoms with van der Waals surface area (Å²) in [6.07, 6.45) is 0. The van der Waals surface area contributed by atoms with Gasteiger partial charge >= 0.3 is 0 Å². The summed E-state index contributed by atoms with van der Waals surface area (Å²) < 4.78 is 1.28. The smallest absolute Gasteiger partial charge is 0.0402 e. The summed E-state index contributed by atoms with van der Waals surface area (Å²) in [6.45, 7) is 0. The maximum absolute atomic E-state index is 6.23. The molecule has 7 aromatic carbocycles. The van der Waals surface area contributed by atoms with Crippen molar-refractivity contribution in [2.45, 2.75) is 0 Å². The summed E-state index contributed by atoms with van der Waals surface area (Å²) in [5.41, 5.74) is 19.5.